The van der Waals surface area contributed by atoms with Crippen LogP contribution in [0.15, 0.2) is 35.5 Å². The molecule has 0 unspecified atom stereocenters. The van der Waals surface area contributed by atoms with Crippen molar-refractivity contribution in [3.8, 4) is 5.82 Å². The van der Waals surface area contributed by atoms with Crippen LogP contribution in [0.1, 0.15) is 0 Å². The van der Waals surface area contributed by atoms with E-state index in [-0.39, 0.29) is 0 Å². The summed E-state index contributed by atoms with van der Waals surface area (Å²) in [6.07, 6.45) is 6.80. The Hall–Kier alpha value is -0.870. The lowest BCUT2D eigenvalue weighted by Crippen LogP contribution is -1.94. The topological polar surface area (TPSA) is 30.7 Å². The molecule has 0 bridgehead atoms. The molecular formula is C8H5BrClN3. The second-order valence-electron chi connectivity index (χ2n) is 2.43. The molecule has 0 amide bonds. The zero-order valence-electron chi connectivity index (χ0n) is 6.48. The first kappa shape index (κ1) is 8.72. The lowest BCUT2D eigenvalue weighted by atomic mass is 10.4. The molecule has 2 aromatic rings. The van der Waals surface area contributed by atoms with Crippen LogP contribution in [0.4, 0.5) is 0 Å². The van der Waals surface area contributed by atoms with Crippen molar-refractivity contribution in [2.45, 2.75) is 0 Å². The van der Waals surface area contributed by atoms with Crippen LogP contribution in [-0.4, -0.2) is 14.5 Å². The summed E-state index contributed by atoms with van der Waals surface area (Å²) in [4.78, 5) is 8.10. The van der Waals surface area contributed by atoms with Crippen molar-refractivity contribution in [2.75, 3.05) is 0 Å². The van der Waals surface area contributed by atoms with Gasteiger partial charge in [-0.3, -0.25) is 4.57 Å². The molecule has 0 saturated carbocycles. The molecule has 0 radical (unpaired) electrons. The van der Waals surface area contributed by atoms with Gasteiger partial charge >= 0.3 is 0 Å². The van der Waals surface area contributed by atoms with E-state index in [9.17, 15) is 0 Å². The van der Waals surface area contributed by atoms with Gasteiger partial charge in [0.05, 0.1) is 9.50 Å². The minimum Gasteiger partial charge on any atom is -0.290 e. The molecule has 0 aliphatic carbocycles. The fourth-order valence-corrected chi connectivity index (χ4v) is 1.83. The number of halogens is 2. The number of hydrogen-bond acceptors (Lipinski definition) is 2. The van der Waals surface area contributed by atoms with Gasteiger partial charge in [-0.05, 0) is 22.0 Å². The van der Waals surface area contributed by atoms with Gasteiger partial charge in [0.15, 0.2) is 5.82 Å². The minimum atomic E-state index is 0.607. The Bertz CT molecular complexity index is 413. The van der Waals surface area contributed by atoms with E-state index in [0.717, 1.165) is 10.3 Å². The summed E-state index contributed by atoms with van der Waals surface area (Å²) >= 11 is 9.13. The van der Waals surface area contributed by atoms with E-state index >= 15 is 0 Å². The van der Waals surface area contributed by atoms with Crippen LogP contribution in [0.5, 0.6) is 0 Å². The third-order valence-corrected chi connectivity index (χ3v) is 2.33. The molecule has 0 aromatic carbocycles. The van der Waals surface area contributed by atoms with Crippen molar-refractivity contribution >= 4 is 27.5 Å². The highest BCUT2D eigenvalue weighted by Gasteiger charge is 2.03. The number of nitrogens with zero attached hydrogens (tertiary/aromatic N) is 3. The van der Waals surface area contributed by atoms with Crippen LogP contribution in [0.3, 0.4) is 0 Å². The van der Waals surface area contributed by atoms with Crippen LogP contribution >= 0.6 is 27.5 Å². The van der Waals surface area contributed by atoms with Gasteiger partial charge in [0.2, 0.25) is 0 Å². The molecular weight excluding hydrogens is 253 g/mol. The number of pyridine rings is 1. The van der Waals surface area contributed by atoms with E-state index in [0.29, 0.717) is 5.02 Å². The fraction of sp³-hybridized carbons (Fsp3) is 0. The third-order valence-electron chi connectivity index (χ3n) is 1.54. The lowest BCUT2D eigenvalue weighted by molar-refractivity contribution is 0.984. The molecule has 5 heteroatoms. The molecule has 13 heavy (non-hydrogen) atoms. The van der Waals surface area contributed by atoms with E-state index in [1.54, 1.807) is 29.4 Å². The van der Waals surface area contributed by atoms with Gasteiger partial charge in [-0.2, -0.15) is 0 Å². The zero-order chi connectivity index (χ0) is 9.26. The molecule has 2 aromatic heterocycles. The summed E-state index contributed by atoms with van der Waals surface area (Å²) in [6.45, 7) is 0. The summed E-state index contributed by atoms with van der Waals surface area (Å²) in [7, 11) is 0. The highest BCUT2D eigenvalue weighted by atomic mass is 79.9. The minimum absolute atomic E-state index is 0.607. The van der Waals surface area contributed by atoms with Crippen molar-refractivity contribution in [1.82, 2.24) is 14.5 Å². The van der Waals surface area contributed by atoms with E-state index in [4.69, 9.17) is 11.6 Å². The van der Waals surface area contributed by atoms with Crippen LogP contribution in [0, 0.1) is 0 Å². The highest BCUT2D eigenvalue weighted by molar-refractivity contribution is 9.10. The highest BCUT2D eigenvalue weighted by Crippen LogP contribution is 2.21. The molecule has 0 spiro atoms. The monoisotopic (exact) mass is 257 g/mol. The Balaban J connectivity index is 2.53. The maximum Gasteiger partial charge on any atom is 0.152 e. The summed E-state index contributed by atoms with van der Waals surface area (Å²) in [6, 6.07) is 1.80. The van der Waals surface area contributed by atoms with Crippen molar-refractivity contribution in [3.63, 3.8) is 0 Å². The Morgan fingerprint density at radius 3 is 2.92 bits per heavy atom. The van der Waals surface area contributed by atoms with Gasteiger partial charge < -0.3 is 0 Å². The van der Waals surface area contributed by atoms with Gasteiger partial charge in [-0.1, -0.05) is 11.6 Å². The molecule has 0 atom stereocenters. The van der Waals surface area contributed by atoms with Crippen LogP contribution in [-0.2, 0) is 0 Å². The number of rotatable bonds is 1. The average molecular weight is 259 g/mol. The number of aromatic nitrogens is 3. The second kappa shape index (κ2) is 3.47. The summed E-state index contributed by atoms with van der Waals surface area (Å²) in [5.41, 5.74) is 0. The van der Waals surface area contributed by atoms with E-state index in [1.807, 2.05) is 6.20 Å². The molecule has 66 valence electrons. The summed E-state index contributed by atoms with van der Waals surface area (Å²) in [5.74, 6) is 0.780. The molecule has 0 saturated heterocycles. The fourth-order valence-electron chi connectivity index (χ4n) is 0.982. The normalized spacial score (nSPS) is 10.3. The second-order valence-corrected chi connectivity index (χ2v) is 3.72. The molecule has 3 nitrogen and oxygen atoms in total. The van der Waals surface area contributed by atoms with Crippen LogP contribution in [0.25, 0.3) is 5.82 Å². The molecule has 0 aliphatic heterocycles. The van der Waals surface area contributed by atoms with Crippen LogP contribution in [0.2, 0.25) is 5.02 Å². The lowest BCUT2D eigenvalue weighted by Gasteiger charge is -2.03. The Morgan fingerprint density at radius 2 is 2.31 bits per heavy atom. The first-order valence-corrected chi connectivity index (χ1v) is 4.74. The SMILES string of the molecule is Clc1cnc(-n2ccnc2)c(Br)c1. The van der Waals surface area contributed by atoms with E-state index in [1.165, 1.54) is 0 Å². The number of hydrogen-bond donors (Lipinski definition) is 0. The third kappa shape index (κ3) is 1.73. The van der Waals surface area contributed by atoms with Gasteiger partial charge in [0.25, 0.3) is 0 Å². The largest absolute Gasteiger partial charge is 0.290 e. The maximum atomic E-state index is 5.76. The molecule has 0 aliphatic rings. The Kier molecular flexibility index (Phi) is 2.33. The van der Waals surface area contributed by atoms with Crippen LogP contribution < -0.4 is 0 Å². The Morgan fingerprint density at radius 1 is 1.46 bits per heavy atom. The van der Waals surface area contributed by atoms with E-state index < -0.39 is 0 Å². The first-order chi connectivity index (χ1) is 6.27. The number of imidazole rings is 1. The summed E-state index contributed by atoms with van der Waals surface area (Å²) in [5, 5.41) is 0.607. The van der Waals surface area contributed by atoms with Crippen molar-refractivity contribution in [1.29, 1.82) is 0 Å². The van der Waals surface area contributed by atoms with Crippen molar-refractivity contribution in [2.24, 2.45) is 0 Å². The van der Waals surface area contributed by atoms with Gasteiger partial charge in [-0.25, -0.2) is 9.97 Å². The van der Waals surface area contributed by atoms with Gasteiger partial charge in [0.1, 0.15) is 6.33 Å². The van der Waals surface area contributed by atoms with Crippen molar-refractivity contribution < 1.29 is 0 Å². The van der Waals surface area contributed by atoms with E-state index in [2.05, 4.69) is 25.9 Å². The Labute approximate surface area is 88.5 Å². The standard InChI is InChI=1S/C8H5BrClN3/c9-7-3-6(10)4-12-8(7)13-2-1-11-5-13/h1-5H. The van der Waals surface area contributed by atoms with Crippen molar-refractivity contribution in [3.05, 3.63) is 40.5 Å². The van der Waals surface area contributed by atoms with Gasteiger partial charge in [0, 0.05) is 18.6 Å². The smallest absolute Gasteiger partial charge is 0.152 e. The zero-order valence-corrected chi connectivity index (χ0v) is 8.83. The molecule has 2 rings (SSSR count). The predicted molar refractivity (Wildman–Crippen MR) is 54.1 cm³/mol. The average Bonchev–Trinajstić information content (AvgIpc) is 2.56. The molecule has 0 fully saturated rings. The summed E-state index contributed by atoms with van der Waals surface area (Å²) < 4.78 is 2.65. The predicted octanol–water partition coefficient (Wildman–Crippen LogP) is 2.68. The van der Waals surface area contributed by atoms with Gasteiger partial charge in [-0.15, -0.1) is 0 Å². The first-order valence-electron chi connectivity index (χ1n) is 3.57. The maximum absolute atomic E-state index is 5.76. The molecule has 0 N–H and O–H groups in total. The quantitative estimate of drug-likeness (QED) is 0.787. The molecule has 2 heterocycles.